The fourth-order valence-corrected chi connectivity index (χ4v) is 8.00. The molecule has 3 amide bonds. The van der Waals surface area contributed by atoms with Gasteiger partial charge in [0.2, 0.25) is 11.8 Å². The lowest BCUT2D eigenvalue weighted by Gasteiger charge is -2.30. The summed E-state index contributed by atoms with van der Waals surface area (Å²) in [5.74, 6) is -2.72. The molecule has 4 aromatic rings. The number of amides is 3. The van der Waals surface area contributed by atoms with Crippen molar-refractivity contribution in [3.63, 3.8) is 0 Å². The number of halogens is 3. The summed E-state index contributed by atoms with van der Waals surface area (Å²) in [5.41, 5.74) is -0.352. The summed E-state index contributed by atoms with van der Waals surface area (Å²) in [7, 11) is 0. The lowest BCUT2D eigenvalue weighted by atomic mass is 9.83. The summed E-state index contributed by atoms with van der Waals surface area (Å²) in [6.07, 6.45) is -4.66. The highest BCUT2D eigenvalue weighted by molar-refractivity contribution is 8.00. The Labute approximate surface area is 262 Å². The monoisotopic (exact) mass is 655 g/mol. The Kier molecular flexibility index (Phi) is 8.18. The third kappa shape index (κ3) is 5.82. The molecule has 0 radical (unpaired) electrons. The van der Waals surface area contributed by atoms with Crippen LogP contribution in [-0.2, 0) is 20.6 Å². The van der Waals surface area contributed by atoms with Crippen molar-refractivity contribution in [3.05, 3.63) is 98.5 Å². The van der Waals surface area contributed by atoms with E-state index in [1.54, 1.807) is 49.4 Å². The number of fused-ring (bicyclic) bond motifs is 2. The number of alkyl halides is 3. The molecule has 0 aliphatic carbocycles. The number of aromatic nitrogens is 1. The minimum absolute atomic E-state index is 0.142. The number of thiazole rings is 1. The molecule has 3 heterocycles. The summed E-state index contributed by atoms with van der Waals surface area (Å²) in [4.78, 5) is 56.7. The zero-order chi connectivity index (χ0) is 31.9. The molecule has 0 saturated carbocycles. The number of benzene rings is 3. The SMILES string of the molecule is CCOc1cc([C@H]2c3sc(=O)[nH]c3SC3C(=O)N(c4ccccc4)C(=O)C32)ccc1OCC(=O)Nc1ccccc1C(F)(F)F. The number of carbonyl (C=O) groups excluding carboxylic acids is 3. The average Bonchev–Trinajstić information content (AvgIpc) is 3.50. The van der Waals surface area contributed by atoms with Crippen LogP contribution in [0.4, 0.5) is 24.5 Å². The number of para-hydroxylation sites is 2. The number of rotatable bonds is 8. The van der Waals surface area contributed by atoms with Gasteiger partial charge in [0, 0.05) is 10.8 Å². The molecule has 2 unspecified atom stereocenters. The number of aromatic amines is 1. The lowest BCUT2D eigenvalue weighted by molar-refractivity contribution is -0.137. The first-order valence-electron chi connectivity index (χ1n) is 13.7. The normalized spacial score (nSPS) is 19.2. The molecule has 1 saturated heterocycles. The first-order chi connectivity index (χ1) is 21.6. The molecule has 3 aromatic carbocycles. The third-order valence-electron chi connectivity index (χ3n) is 7.33. The van der Waals surface area contributed by atoms with Crippen LogP contribution in [0.2, 0.25) is 0 Å². The van der Waals surface area contributed by atoms with Crippen LogP contribution in [0, 0.1) is 5.92 Å². The standard InChI is InChI=1S/C31H24F3N3O6S2/c1-2-42-21-14-16(12-13-20(21)43-15-22(38)35-19-11-7-6-10-18(19)31(32,33)34)23-24-26(44-27-25(23)45-30(41)36-27)29(40)37(28(24)39)17-8-4-3-5-9-17/h3-14,23-24,26H,2,15H2,1H3,(H,35,38)(H,36,41)/t23-,24?,26?/m1/s1. The van der Waals surface area contributed by atoms with Crippen molar-refractivity contribution in [1.82, 2.24) is 4.98 Å². The molecule has 0 spiro atoms. The van der Waals surface area contributed by atoms with E-state index >= 15 is 0 Å². The van der Waals surface area contributed by atoms with Crippen molar-refractivity contribution in [2.24, 2.45) is 5.92 Å². The van der Waals surface area contributed by atoms with Crippen molar-refractivity contribution in [2.45, 2.75) is 29.3 Å². The summed E-state index contributed by atoms with van der Waals surface area (Å²) in [6.45, 7) is 1.33. The van der Waals surface area contributed by atoms with Gasteiger partial charge in [0.05, 0.1) is 34.5 Å². The van der Waals surface area contributed by atoms with Crippen molar-refractivity contribution >= 4 is 52.2 Å². The van der Waals surface area contributed by atoms with Gasteiger partial charge in [-0.3, -0.25) is 19.2 Å². The minimum Gasteiger partial charge on any atom is -0.490 e. The minimum atomic E-state index is -4.66. The fraction of sp³-hybridized carbons (Fsp3) is 0.226. The van der Waals surface area contributed by atoms with Crippen LogP contribution in [0.3, 0.4) is 0 Å². The number of imide groups is 1. The van der Waals surface area contributed by atoms with Crippen molar-refractivity contribution in [3.8, 4) is 11.5 Å². The zero-order valence-corrected chi connectivity index (χ0v) is 25.1. The Bertz CT molecular complexity index is 1840. The summed E-state index contributed by atoms with van der Waals surface area (Å²) in [5, 5.41) is 1.97. The van der Waals surface area contributed by atoms with E-state index in [0.717, 1.165) is 35.2 Å². The van der Waals surface area contributed by atoms with E-state index in [0.29, 0.717) is 21.2 Å². The van der Waals surface area contributed by atoms with Gasteiger partial charge in [-0.05, 0) is 48.9 Å². The largest absolute Gasteiger partial charge is 0.490 e. The van der Waals surface area contributed by atoms with E-state index in [1.165, 1.54) is 23.1 Å². The van der Waals surface area contributed by atoms with E-state index in [1.807, 2.05) is 0 Å². The number of nitrogens with zero attached hydrogens (tertiary/aromatic N) is 1. The average molecular weight is 656 g/mol. The van der Waals surface area contributed by atoms with Gasteiger partial charge < -0.3 is 19.8 Å². The Balaban J connectivity index is 1.29. The summed E-state index contributed by atoms with van der Waals surface area (Å²) < 4.78 is 51.5. The van der Waals surface area contributed by atoms with Crippen molar-refractivity contribution in [2.75, 3.05) is 23.4 Å². The molecule has 14 heteroatoms. The van der Waals surface area contributed by atoms with Crippen molar-refractivity contribution < 1.29 is 37.0 Å². The van der Waals surface area contributed by atoms with Crippen LogP contribution in [0.5, 0.6) is 11.5 Å². The summed E-state index contributed by atoms with van der Waals surface area (Å²) >= 11 is 2.13. The molecular formula is C31H24F3N3O6S2. The van der Waals surface area contributed by atoms with Crippen LogP contribution in [0.1, 0.15) is 28.8 Å². The fourth-order valence-electron chi connectivity index (χ4n) is 5.48. The van der Waals surface area contributed by atoms with Gasteiger partial charge in [-0.15, -0.1) is 0 Å². The van der Waals surface area contributed by atoms with Gasteiger partial charge in [0.1, 0.15) is 5.25 Å². The molecule has 45 heavy (non-hydrogen) atoms. The zero-order valence-electron chi connectivity index (χ0n) is 23.4. The van der Waals surface area contributed by atoms with E-state index in [-0.39, 0.29) is 28.9 Å². The number of hydrogen-bond donors (Lipinski definition) is 2. The number of nitrogens with one attached hydrogen (secondary N) is 2. The second kappa shape index (κ2) is 12.1. The van der Waals surface area contributed by atoms with E-state index in [9.17, 15) is 32.3 Å². The lowest BCUT2D eigenvalue weighted by Crippen LogP contribution is -2.32. The Morgan fingerprint density at radius 2 is 1.69 bits per heavy atom. The first kappa shape index (κ1) is 30.5. The molecule has 9 nitrogen and oxygen atoms in total. The molecular weight excluding hydrogens is 631 g/mol. The molecule has 1 aromatic heterocycles. The predicted molar refractivity (Wildman–Crippen MR) is 162 cm³/mol. The maximum atomic E-state index is 13.9. The highest BCUT2D eigenvalue weighted by Gasteiger charge is 2.56. The van der Waals surface area contributed by atoms with E-state index in [4.69, 9.17) is 9.47 Å². The van der Waals surface area contributed by atoms with Crippen LogP contribution in [0.15, 0.2) is 82.6 Å². The quantitative estimate of drug-likeness (QED) is 0.235. The van der Waals surface area contributed by atoms with Crippen LogP contribution < -0.4 is 24.6 Å². The number of thioether (sulfide) groups is 1. The number of ether oxygens (including phenoxy) is 2. The molecule has 2 aliphatic rings. The highest BCUT2D eigenvalue weighted by Crippen LogP contribution is 2.53. The molecule has 2 aliphatic heterocycles. The third-order valence-corrected chi connectivity index (χ3v) is 9.73. The van der Waals surface area contributed by atoms with Crippen molar-refractivity contribution in [1.29, 1.82) is 0 Å². The smallest absolute Gasteiger partial charge is 0.418 e. The first-order valence-corrected chi connectivity index (χ1v) is 15.4. The molecule has 3 atom stereocenters. The molecule has 6 rings (SSSR count). The van der Waals surface area contributed by atoms with Crippen LogP contribution >= 0.6 is 23.1 Å². The summed E-state index contributed by atoms with van der Waals surface area (Å²) in [6, 6.07) is 18.0. The van der Waals surface area contributed by atoms with Gasteiger partial charge in [0.15, 0.2) is 18.1 Å². The van der Waals surface area contributed by atoms with Gasteiger partial charge in [0.25, 0.3) is 5.91 Å². The van der Waals surface area contributed by atoms with E-state index in [2.05, 4.69) is 10.3 Å². The highest BCUT2D eigenvalue weighted by atomic mass is 32.2. The van der Waals surface area contributed by atoms with Gasteiger partial charge in [-0.2, -0.15) is 13.2 Å². The van der Waals surface area contributed by atoms with Crippen LogP contribution in [0.25, 0.3) is 0 Å². The number of hydrogen-bond acceptors (Lipinski definition) is 8. The molecule has 1 fully saturated rings. The molecule has 0 bridgehead atoms. The molecule has 2 N–H and O–H groups in total. The maximum Gasteiger partial charge on any atom is 0.418 e. The van der Waals surface area contributed by atoms with E-state index < -0.39 is 52.9 Å². The maximum absolute atomic E-state index is 13.9. The van der Waals surface area contributed by atoms with Gasteiger partial charge in [-0.25, -0.2) is 4.90 Å². The van der Waals surface area contributed by atoms with Gasteiger partial charge in [-0.1, -0.05) is 59.5 Å². The predicted octanol–water partition coefficient (Wildman–Crippen LogP) is 5.67. The second-order valence-electron chi connectivity index (χ2n) is 10.1. The second-order valence-corrected chi connectivity index (χ2v) is 12.3. The Morgan fingerprint density at radius 1 is 0.956 bits per heavy atom. The Morgan fingerprint density at radius 3 is 2.42 bits per heavy atom. The van der Waals surface area contributed by atoms with Gasteiger partial charge >= 0.3 is 11.0 Å². The number of anilines is 2. The Hall–Kier alpha value is -4.56. The number of carbonyl (C=O) groups is 3. The molecule has 232 valence electrons. The topological polar surface area (TPSA) is 118 Å². The van der Waals surface area contributed by atoms with Crippen LogP contribution in [-0.4, -0.2) is 41.2 Å². The number of H-pyrrole nitrogens is 1.